The molecular weight excluding hydrogens is 840 g/mol. The molecule has 0 aromatic carbocycles. The van der Waals surface area contributed by atoms with Crippen molar-refractivity contribution in [3.8, 4) is 0 Å². The highest BCUT2D eigenvalue weighted by Gasteiger charge is 2.23. The van der Waals surface area contributed by atoms with Gasteiger partial charge < -0.3 is 28.8 Å². The number of amides is 1. The van der Waals surface area contributed by atoms with Crippen LogP contribution in [0.25, 0.3) is 0 Å². The molecule has 0 bridgehead atoms. The molecule has 0 aromatic heterocycles. The highest BCUT2D eigenvalue weighted by molar-refractivity contribution is 7.45. The number of likely N-dealkylation sites (N-methyl/N-ethyl adjacent to an activating group) is 1. The Kier molecular flexibility index (Phi) is 46.5. The molecule has 3 unspecified atom stereocenters. The second kappa shape index (κ2) is 48.0. The summed E-state index contributed by atoms with van der Waals surface area (Å²) < 4.78 is 23.3. The first-order valence-electron chi connectivity index (χ1n) is 27.3. The molecule has 2 N–H and O–H groups in total. The molecule has 0 aliphatic heterocycles. The Balaban J connectivity index is 4.10. The number of phosphoric ester groups is 1. The zero-order chi connectivity index (χ0) is 48.5. The fraction of sp³-hybridized carbons (Fsp3) is 0.772. The van der Waals surface area contributed by atoms with Crippen LogP contribution in [0.2, 0.25) is 0 Å². The maximum Gasteiger partial charge on any atom is 0.268 e. The number of unbranched alkanes of at least 4 members (excludes halogenated alkanes) is 26. The molecule has 1 amide bonds. The smallest absolute Gasteiger partial charge is 0.268 e. The Bertz CT molecular complexity index is 1300. The van der Waals surface area contributed by atoms with Gasteiger partial charge in [-0.3, -0.25) is 9.36 Å². The lowest BCUT2D eigenvalue weighted by molar-refractivity contribution is -0.870. The van der Waals surface area contributed by atoms with Crippen molar-refractivity contribution in [3.63, 3.8) is 0 Å². The molecule has 0 saturated carbocycles. The first kappa shape index (κ1) is 63.9. The number of aliphatic hydroxyl groups excluding tert-OH is 1. The van der Waals surface area contributed by atoms with Crippen molar-refractivity contribution < 1.29 is 32.9 Å². The summed E-state index contributed by atoms with van der Waals surface area (Å²) in [4.78, 5) is 25.4. The molecule has 0 spiro atoms. The number of carbonyl (C=O) groups excluding carboxylic acids is 1. The van der Waals surface area contributed by atoms with Crippen LogP contribution in [-0.4, -0.2) is 68.5 Å². The van der Waals surface area contributed by atoms with Crippen molar-refractivity contribution in [2.24, 2.45) is 0 Å². The molecule has 0 radical (unpaired) electrons. The minimum Gasteiger partial charge on any atom is -0.756 e. The largest absolute Gasteiger partial charge is 0.756 e. The van der Waals surface area contributed by atoms with Gasteiger partial charge in [0.15, 0.2) is 0 Å². The number of carbonyl (C=O) groups is 1. The first-order chi connectivity index (χ1) is 32.0. The Hall–Kier alpha value is -2.06. The van der Waals surface area contributed by atoms with E-state index in [1.165, 1.54) is 141 Å². The molecule has 0 fully saturated rings. The van der Waals surface area contributed by atoms with Crippen molar-refractivity contribution >= 4 is 13.7 Å². The summed E-state index contributed by atoms with van der Waals surface area (Å²) in [6, 6.07) is -0.888. The van der Waals surface area contributed by atoms with E-state index in [1.54, 1.807) is 6.08 Å². The highest BCUT2D eigenvalue weighted by atomic mass is 31.2. The average molecular weight is 945 g/mol. The van der Waals surface area contributed by atoms with Crippen LogP contribution < -0.4 is 10.2 Å². The van der Waals surface area contributed by atoms with E-state index in [4.69, 9.17) is 9.05 Å². The van der Waals surface area contributed by atoms with E-state index >= 15 is 0 Å². The monoisotopic (exact) mass is 945 g/mol. The van der Waals surface area contributed by atoms with Gasteiger partial charge in [0, 0.05) is 6.42 Å². The van der Waals surface area contributed by atoms with Crippen LogP contribution in [0.15, 0.2) is 72.9 Å². The molecule has 9 heteroatoms. The number of aliphatic hydroxyl groups is 1. The summed E-state index contributed by atoms with van der Waals surface area (Å²) in [6.07, 6.45) is 65.4. The molecule has 0 rings (SSSR count). The van der Waals surface area contributed by atoms with E-state index < -0.39 is 20.0 Å². The molecule has 0 heterocycles. The van der Waals surface area contributed by atoms with E-state index in [-0.39, 0.29) is 19.1 Å². The second-order valence-corrected chi connectivity index (χ2v) is 21.0. The average Bonchev–Trinajstić information content (AvgIpc) is 3.28. The molecule has 0 aliphatic rings. The van der Waals surface area contributed by atoms with Gasteiger partial charge in [-0.15, -0.1) is 0 Å². The van der Waals surface area contributed by atoms with Crippen LogP contribution in [0, 0.1) is 0 Å². The fourth-order valence-electron chi connectivity index (χ4n) is 7.65. The Morgan fingerprint density at radius 2 is 0.924 bits per heavy atom. The lowest BCUT2D eigenvalue weighted by atomic mass is 10.0. The molecule has 3 atom stereocenters. The SMILES string of the molecule is CC/C=C\C/C=C\C/C=C\C/C=C\C/C=C\CCCCCCCCCCCCCCCCCC(=O)NC(COP(=O)([O-])OCC[N+](C)(C)C)C(O)/C=C/CCCCCCCCCCCCC. The van der Waals surface area contributed by atoms with Crippen LogP contribution in [0.1, 0.15) is 232 Å². The Morgan fingerprint density at radius 3 is 1.35 bits per heavy atom. The van der Waals surface area contributed by atoms with Gasteiger partial charge in [-0.2, -0.15) is 0 Å². The number of quaternary nitrogens is 1. The van der Waals surface area contributed by atoms with Crippen molar-refractivity contribution in [1.82, 2.24) is 5.32 Å². The standard InChI is InChI=1S/C57H105N2O6P/c1-6-8-10-12-14-16-18-20-21-22-23-24-25-26-27-28-29-30-31-32-33-34-35-36-37-39-41-43-45-47-49-51-57(61)58-55(54-65-66(62,63)64-53-52-59(3,4)5)56(60)50-48-46-44-42-40-38-19-17-15-13-11-9-7-2/h8,10,14,16,20-21,23-24,26-27,48,50,55-56,60H,6-7,9,11-13,15,17-19,22,25,28-47,49,51-54H2,1-5H3,(H-,58,61,62,63)/b10-8-,16-14-,21-20-,24-23-,27-26-,50-48+. The summed E-state index contributed by atoms with van der Waals surface area (Å²) in [6.45, 7) is 4.53. The second-order valence-electron chi connectivity index (χ2n) is 19.6. The zero-order valence-corrected chi connectivity index (χ0v) is 44.5. The predicted molar refractivity (Wildman–Crippen MR) is 284 cm³/mol. The molecule has 8 nitrogen and oxygen atoms in total. The normalized spacial score (nSPS) is 14.6. The maximum atomic E-state index is 12.9. The van der Waals surface area contributed by atoms with E-state index in [9.17, 15) is 19.4 Å². The van der Waals surface area contributed by atoms with E-state index in [0.717, 1.165) is 70.6 Å². The molecular formula is C57H105N2O6P. The lowest BCUT2D eigenvalue weighted by Gasteiger charge is -2.29. The number of hydrogen-bond donors (Lipinski definition) is 2. The van der Waals surface area contributed by atoms with Crippen LogP contribution in [0.5, 0.6) is 0 Å². The summed E-state index contributed by atoms with van der Waals surface area (Å²) in [7, 11) is 1.26. The van der Waals surface area contributed by atoms with Crippen molar-refractivity contribution in [2.45, 2.75) is 244 Å². The minimum absolute atomic E-state index is 0.00259. The van der Waals surface area contributed by atoms with E-state index in [2.05, 4.69) is 79.9 Å². The van der Waals surface area contributed by atoms with Gasteiger partial charge in [-0.05, 0) is 64.2 Å². The number of hydrogen-bond acceptors (Lipinski definition) is 6. The lowest BCUT2D eigenvalue weighted by Crippen LogP contribution is -2.45. The van der Waals surface area contributed by atoms with Gasteiger partial charge in [-0.1, -0.05) is 234 Å². The number of nitrogens with one attached hydrogen (secondary N) is 1. The van der Waals surface area contributed by atoms with Gasteiger partial charge in [0.05, 0.1) is 39.9 Å². The van der Waals surface area contributed by atoms with Gasteiger partial charge in [0.2, 0.25) is 5.91 Å². The van der Waals surface area contributed by atoms with Crippen LogP contribution in [0.4, 0.5) is 0 Å². The van der Waals surface area contributed by atoms with Crippen LogP contribution >= 0.6 is 7.82 Å². The maximum absolute atomic E-state index is 12.9. The summed E-state index contributed by atoms with van der Waals surface area (Å²) >= 11 is 0. The number of phosphoric acid groups is 1. The summed E-state index contributed by atoms with van der Waals surface area (Å²) in [5.41, 5.74) is 0. The minimum atomic E-state index is -4.59. The number of nitrogens with zero attached hydrogens (tertiary/aromatic N) is 1. The van der Waals surface area contributed by atoms with Gasteiger partial charge in [0.1, 0.15) is 13.2 Å². The predicted octanol–water partition coefficient (Wildman–Crippen LogP) is 15.7. The quantitative estimate of drug-likeness (QED) is 0.0272. The highest BCUT2D eigenvalue weighted by Crippen LogP contribution is 2.38. The van der Waals surface area contributed by atoms with E-state index in [1.807, 2.05) is 27.2 Å². The first-order valence-corrected chi connectivity index (χ1v) is 28.8. The zero-order valence-electron chi connectivity index (χ0n) is 43.6. The van der Waals surface area contributed by atoms with Crippen LogP contribution in [0.3, 0.4) is 0 Å². The summed E-state index contributed by atoms with van der Waals surface area (Å²) in [5, 5.41) is 13.8. The number of allylic oxidation sites excluding steroid dienone is 11. The third kappa shape index (κ3) is 49.8. The third-order valence-electron chi connectivity index (χ3n) is 11.9. The van der Waals surface area contributed by atoms with Crippen molar-refractivity contribution in [3.05, 3.63) is 72.9 Å². The van der Waals surface area contributed by atoms with Gasteiger partial charge in [-0.25, -0.2) is 0 Å². The molecule has 0 aliphatic carbocycles. The van der Waals surface area contributed by atoms with Gasteiger partial charge >= 0.3 is 0 Å². The molecule has 0 aromatic rings. The van der Waals surface area contributed by atoms with E-state index in [0.29, 0.717) is 17.4 Å². The topological polar surface area (TPSA) is 108 Å². The fourth-order valence-corrected chi connectivity index (χ4v) is 8.37. The Morgan fingerprint density at radius 1 is 0.545 bits per heavy atom. The number of rotatable bonds is 49. The molecule has 66 heavy (non-hydrogen) atoms. The third-order valence-corrected chi connectivity index (χ3v) is 12.9. The summed E-state index contributed by atoms with van der Waals surface area (Å²) in [5.74, 6) is -0.200. The van der Waals surface area contributed by atoms with Crippen molar-refractivity contribution in [1.29, 1.82) is 0 Å². The Labute approximate surface area is 408 Å². The molecule has 0 saturated heterocycles. The van der Waals surface area contributed by atoms with Crippen LogP contribution in [-0.2, 0) is 18.4 Å². The van der Waals surface area contributed by atoms with Crippen molar-refractivity contribution in [2.75, 3.05) is 40.9 Å². The van der Waals surface area contributed by atoms with Gasteiger partial charge in [0.25, 0.3) is 7.82 Å². The molecule has 384 valence electrons.